The van der Waals surface area contributed by atoms with Crippen molar-refractivity contribution >= 4 is 35.0 Å². The van der Waals surface area contributed by atoms with Crippen LogP contribution in [0.1, 0.15) is 5.56 Å². The third-order valence-corrected chi connectivity index (χ3v) is 4.56. The molecule has 0 bridgehead atoms. The van der Waals surface area contributed by atoms with E-state index in [9.17, 15) is 0 Å². The quantitative estimate of drug-likeness (QED) is 0.612. The van der Waals surface area contributed by atoms with Gasteiger partial charge in [-0.3, -0.25) is 4.98 Å². The minimum absolute atomic E-state index is 0.639. The van der Waals surface area contributed by atoms with Gasteiger partial charge in [0.15, 0.2) is 0 Å². The van der Waals surface area contributed by atoms with Crippen molar-refractivity contribution in [2.45, 2.75) is 10.8 Å². The highest BCUT2D eigenvalue weighted by Gasteiger charge is 2.05. The summed E-state index contributed by atoms with van der Waals surface area (Å²) in [6.07, 6.45) is 3.48. The number of benzene rings is 1. The van der Waals surface area contributed by atoms with Crippen LogP contribution in [0, 0.1) is 0 Å². The molecule has 22 heavy (non-hydrogen) atoms. The molecule has 0 aliphatic heterocycles. The van der Waals surface area contributed by atoms with Gasteiger partial charge in [-0.15, -0.1) is 10.2 Å². The molecule has 0 saturated heterocycles. The van der Waals surface area contributed by atoms with E-state index in [0.717, 1.165) is 27.6 Å². The molecule has 0 aliphatic carbocycles. The summed E-state index contributed by atoms with van der Waals surface area (Å²) in [4.78, 5) is 3.99. The average Bonchev–Trinajstić information content (AvgIpc) is 2.55. The lowest BCUT2D eigenvalue weighted by molar-refractivity contribution is 0.935. The summed E-state index contributed by atoms with van der Waals surface area (Å²) >= 11 is 13.6. The molecule has 0 unspecified atom stereocenters. The molecule has 3 aromatic rings. The van der Waals surface area contributed by atoms with Gasteiger partial charge in [0.25, 0.3) is 0 Å². The third kappa shape index (κ3) is 3.77. The Morgan fingerprint density at radius 1 is 0.909 bits per heavy atom. The van der Waals surface area contributed by atoms with Gasteiger partial charge in [0.1, 0.15) is 5.03 Å². The van der Waals surface area contributed by atoms with E-state index in [0.29, 0.717) is 10.0 Å². The molecule has 0 saturated carbocycles. The molecular formula is C16H11Cl2N3S. The zero-order chi connectivity index (χ0) is 15.4. The molecule has 2 aromatic heterocycles. The summed E-state index contributed by atoms with van der Waals surface area (Å²) < 4.78 is 0. The number of hydrogen-bond donors (Lipinski definition) is 0. The lowest BCUT2D eigenvalue weighted by Crippen LogP contribution is -1.90. The van der Waals surface area contributed by atoms with Crippen molar-refractivity contribution in [1.29, 1.82) is 0 Å². The van der Waals surface area contributed by atoms with Gasteiger partial charge in [-0.25, -0.2) is 0 Å². The van der Waals surface area contributed by atoms with E-state index in [4.69, 9.17) is 23.2 Å². The third-order valence-electron chi connectivity index (χ3n) is 3.01. The fourth-order valence-electron chi connectivity index (χ4n) is 1.86. The van der Waals surface area contributed by atoms with E-state index in [-0.39, 0.29) is 0 Å². The van der Waals surface area contributed by atoms with Crippen LogP contribution in [0.3, 0.4) is 0 Å². The highest BCUT2D eigenvalue weighted by molar-refractivity contribution is 7.98. The van der Waals surface area contributed by atoms with E-state index in [2.05, 4.69) is 15.2 Å². The van der Waals surface area contributed by atoms with Crippen molar-refractivity contribution < 1.29 is 0 Å². The van der Waals surface area contributed by atoms with Gasteiger partial charge in [-0.1, -0.05) is 41.0 Å². The van der Waals surface area contributed by atoms with Crippen LogP contribution in [0.15, 0.2) is 59.9 Å². The first kappa shape index (κ1) is 15.3. The lowest BCUT2D eigenvalue weighted by atomic mass is 10.2. The normalized spacial score (nSPS) is 10.6. The first-order valence-corrected chi connectivity index (χ1v) is 8.27. The Kier molecular flexibility index (Phi) is 4.93. The highest BCUT2D eigenvalue weighted by Crippen LogP contribution is 2.28. The SMILES string of the molecule is Clc1ccc(CSc2ccc(-c3ccncc3)nn2)c(Cl)c1. The lowest BCUT2D eigenvalue weighted by Gasteiger charge is -2.05. The molecule has 3 nitrogen and oxygen atoms in total. The van der Waals surface area contributed by atoms with Gasteiger partial charge < -0.3 is 0 Å². The molecule has 0 fully saturated rings. The van der Waals surface area contributed by atoms with E-state index in [1.807, 2.05) is 36.4 Å². The highest BCUT2D eigenvalue weighted by atomic mass is 35.5. The van der Waals surface area contributed by atoms with Gasteiger partial charge >= 0.3 is 0 Å². The fraction of sp³-hybridized carbons (Fsp3) is 0.0625. The second-order valence-corrected chi connectivity index (χ2v) is 6.36. The van der Waals surface area contributed by atoms with Crippen LogP contribution in [0.25, 0.3) is 11.3 Å². The Labute approximate surface area is 142 Å². The zero-order valence-electron chi connectivity index (χ0n) is 11.4. The number of hydrogen-bond acceptors (Lipinski definition) is 4. The van der Waals surface area contributed by atoms with Crippen molar-refractivity contribution in [3.63, 3.8) is 0 Å². The second kappa shape index (κ2) is 7.09. The summed E-state index contributed by atoms with van der Waals surface area (Å²) in [7, 11) is 0. The first-order chi connectivity index (χ1) is 10.7. The summed E-state index contributed by atoms with van der Waals surface area (Å²) in [6.45, 7) is 0. The predicted octanol–water partition coefficient (Wildman–Crippen LogP) is 5.14. The van der Waals surface area contributed by atoms with Crippen LogP contribution in [0.4, 0.5) is 0 Å². The van der Waals surface area contributed by atoms with Crippen LogP contribution < -0.4 is 0 Å². The first-order valence-electron chi connectivity index (χ1n) is 6.53. The molecule has 110 valence electrons. The van der Waals surface area contributed by atoms with Crippen molar-refractivity contribution in [2.75, 3.05) is 0 Å². The Morgan fingerprint density at radius 3 is 2.41 bits per heavy atom. The largest absolute Gasteiger partial charge is 0.265 e. The molecule has 0 aliphatic rings. The maximum atomic E-state index is 6.16. The van der Waals surface area contributed by atoms with Crippen LogP contribution >= 0.6 is 35.0 Å². The average molecular weight is 348 g/mol. The fourth-order valence-corrected chi connectivity index (χ4v) is 3.24. The van der Waals surface area contributed by atoms with Crippen molar-refractivity contribution in [1.82, 2.24) is 15.2 Å². The molecule has 0 radical (unpaired) electrons. The van der Waals surface area contributed by atoms with Gasteiger partial charge in [-0.05, 0) is 42.0 Å². The minimum Gasteiger partial charge on any atom is -0.265 e. The van der Waals surface area contributed by atoms with Crippen LogP contribution in [0.2, 0.25) is 10.0 Å². The predicted molar refractivity (Wildman–Crippen MR) is 91.3 cm³/mol. The molecule has 0 N–H and O–H groups in total. The van der Waals surface area contributed by atoms with Crippen molar-refractivity contribution in [3.8, 4) is 11.3 Å². The molecule has 1 aromatic carbocycles. The maximum absolute atomic E-state index is 6.16. The number of thioether (sulfide) groups is 1. The van der Waals surface area contributed by atoms with Crippen molar-refractivity contribution in [3.05, 3.63) is 70.5 Å². The summed E-state index contributed by atoms with van der Waals surface area (Å²) in [5.74, 6) is 0.722. The molecule has 2 heterocycles. The molecule has 3 rings (SSSR count). The molecule has 0 spiro atoms. The standard InChI is InChI=1S/C16H11Cl2N3S/c17-13-2-1-12(14(18)9-13)10-22-16-4-3-15(20-21-16)11-5-7-19-8-6-11/h1-9H,10H2. The zero-order valence-corrected chi connectivity index (χ0v) is 13.7. The van der Waals surface area contributed by atoms with Crippen LogP contribution in [-0.2, 0) is 5.75 Å². The molecular weight excluding hydrogens is 337 g/mol. The van der Waals surface area contributed by atoms with Gasteiger partial charge in [0.05, 0.1) is 5.69 Å². The second-order valence-electron chi connectivity index (χ2n) is 4.52. The van der Waals surface area contributed by atoms with Crippen molar-refractivity contribution in [2.24, 2.45) is 0 Å². The summed E-state index contributed by atoms with van der Waals surface area (Å²) in [6, 6.07) is 13.2. The monoisotopic (exact) mass is 347 g/mol. The van der Waals surface area contributed by atoms with E-state index < -0.39 is 0 Å². The number of nitrogens with zero attached hydrogens (tertiary/aromatic N) is 3. The minimum atomic E-state index is 0.639. The van der Waals surface area contributed by atoms with Crippen LogP contribution in [-0.4, -0.2) is 15.2 Å². The van der Waals surface area contributed by atoms with Crippen LogP contribution in [0.5, 0.6) is 0 Å². The summed E-state index contributed by atoms with van der Waals surface area (Å²) in [5, 5.41) is 10.6. The molecule has 0 amide bonds. The number of rotatable bonds is 4. The Balaban J connectivity index is 1.69. The topological polar surface area (TPSA) is 38.7 Å². The Hall–Kier alpha value is -1.62. The van der Waals surface area contributed by atoms with E-state index >= 15 is 0 Å². The molecule has 0 atom stereocenters. The Morgan fingerprint density at radius 2 is 1.73 bits per heavy atom. The smallest absolute Gasteiger partial charge is 0.119 e. The van der Waals surface area contributed by atoms with Gasteiger partial charge in [0.2, 0.25) is 0 Å². The van der Waals surface area contributed by atoms with Gasteiger partial charge in [-0.2, -0.15) is 0 Å². The number of pyridine rings is 1. The molecule has 6 heteroatoms. The maximum Gasteiger partial charge on any atom is 0.119 e. The number of halogens is 2. The van der Waals surface area contributed by atoms with Gasteiger partial charge in [0, 0.05) is 33.8 Å². The Bertz CT molecular complexity index is 764. The summed E-state index contributed by atoms with van der Waals surface area (Å²) in [5.41, 5.74) is 2.85. The van der Waals surface area contributed by atoms with E-state index in [1.54, 1.807) is 30.2 Å². The number of aromatic nitrogens is 3. The van der Waals surface area contributed by atoms with E-state index in [1.165, 1.54) is 0 Å².